The summed E-state index contributed by atoms with van der Waals surface area (Å²) in [5.41, 5.74) is 1.94. The van der Waals surface area contributed by atoms with Gasteiger partial charge in [-0.15, -0.1) is 11.3 Å². The van der Waals surface area contributed by atoms with Gasteiger partial charge >= 0.3 is 0 Å². The standard InChI is InChI=1S/C20H24N4O3S/c1-13-5-7-15-18(11-13)28-20(21-15)22-19(25)14-6-8-16(17(12-14)24(26)27)23-9-3-2-4-10-23/h6,8,12-13H,2-5,7,9-11H2,1H3,(H,21,22,25)/t13-/m1/s1. The van der Waals surface area contributed by atoms with Crippen LogP contribution in [0, 0.1) is 16.0 Å². The molecule has 1 aliphatic heterocycles. The van der Waals surface area contributed by atoms with Gasteiger partial charge in [0.1, 0.15) is 5.69 Å². The quantitative estimate of drug-likeness (QED) is 0.606. The van der Waals surface area contributed by atoms with Crippen LogP contribution in [0.15, 0.2) is 18.2 Å². The van der Waals surface area contributed by atoms with E-state index in [1.54, 1.807) is 12.1 Å². The van der Waals surface area contributed by atoms with E-state index in [1.807, 2.05) is 4.90 Å². The number of hydrogen-bond acceptors (Lipinski definition) is 6. The van der Waals surface area contributed by atoms with Gasteiger partial charge in [0.2, 0.25) is 0 Å². The highest BCUT2D eigenvalue weighted by Crippen LogP contribution is 2.34. The maximum Gasteiger partial charge on any atom is 0.293 e. The predicted octanol–water partition coefficient (Wildman–Crippen LogP) is 4.42. The van der Waals surface area contributed by atoms with Crippen LogP contribution in [0.3, 0.4) is 0 Å². The summed E-state index contributed by atoms with van der Waals surface area (Å²) in [6.45, 7) is 3.86. The number of nitrogens with zero attached hydrogens (tertiary/aromatic N) is 3. The summed E-state index contributed by atoms with van der Waals surface area (Å²) >= 11 is 1.51. The fraction of sp³-hybridized carbons (Fsp3) is 0.500. The summed E-state index contributed by atoms with van der Waals surface area (Å²) in [6, 6.07) is 4.75. The van der Waals surface area contributed by atoms with E-state index in [1.165, 1.54) is 22.3 Å². The summed E-state index contributed by atoms with van der Waals surface area (Å²) in [5.74, 6) is 0.286. The lowest BCUT2D eigenvalue weighted by Gasteiger charge is -2.28. The second-order valence-corrected chi connectivity index (χ2v) is 8.78. The SMILES string of the molecule is C[C@@H]1CCc2nc(NC(=O)c3ccc(N4CCCCC4)c([N+](=O)[O-])c3)sc2C1. The molecule has 7 nitrogen and oxygen atoms in total. The number of nitrogens with one attached hydrogen (secondary N) is 1. The number of thiazole rings is 1. The number of anilines is 2. The topological polar surface area (TPSA) is 88.4 Å². The number of amides is 1. The van der Waals surface area contributed by atoms with Gasteiger partial charge in [-0.1, -0.05) is 6.92 Å². The number of aromatic nitrogens is 1. The van der Waals surface area contributed by atoms with E-state index in [2.05, 4.69) is 17.2 Å². The first kappa shape index (κ1) is 18.9. The zero-order valence-corrected chi connectivity index (χ0v) is 16.8. The third kappa shape index (κ3) is 3.87. The van der Waals surface area contributed by atoms with Gasteiger partial charge in [0, 0.05) is 29.6 Å². The van der Waals surface area contributed by atoms with Gasteiger partial charge in [0.25, 0.3) is 11.6 Å². The van der Waals surface area contributed by atoms with Crippen molar-refractivity contribution < 1.29 is 9.72 Å². The maximum atomic E-state index is 12.7. The van der Waals surface area contributed by atoms with Gasteiger partial charge in [0.15, 0.2) is 5.13 Å². The molecule has 28 heavy (non-hydrogen) atoms. The third-order valence-electron chi connectivity index (χ3n) is 5.54. The molecular formula is C20H24N4O3S. The second kappa shape index (κ2) is 7.87. The van der Waals surface area contributed by atoms with Crippen LogP contribution < -0.4 is 10.2 Å². The summed E-state index contributed by atoms with van der Waals surface area (Å²) in [5, 5.41) is 15.0. The molecule has 1 amide bonds. The Kier molecular flexibility index (Phi) is 5.30. The molecule has 1 aliphatic carbocycles. The molecule has 0 bridgehead atoms. The molecule has 4 rings (SSSR count). The van der Waals surface area contributed by atoms with Crippen LogP contribution in [-0.2, 0) is 12.8 Å². The predicted molar refractivity (Wildman–Crippen MR) is 110 cm³/mol. The first-order chi connectivity index (χ1) is 13.5. The summed E-state index contributed by atoms with van der Waals surface area (Å²) in [6.07, 6.45) is 6.28. The number of hydrogen-bond donors (Lipinski definition) is 1. The lowest BCUT2D eigenvalue weighted by Crippen LogP contribution is -2.30. The lowest BCUT2D eigenvalue weighted by atomic mass is 9.93. The van der Waals surface area contributed by atoms with Crippen molar-refractivity contribution >= 4 is 33.8 Å². The van der Waals surface area contributed by atoms with Crippen molar-refractivity contribution in [3.63, 3.8) is 0 Å². The minimum Gasteiger partial charge on any atom is -0.366 e. The third-order valence-corrected chi connectivity index (χ3v) is 6.57. The van der Waals surface area contributed by atoms with Gasteiger partial charge in [-0.2, -0.15) is 0 Å². The molecule has 1 N–H and O–H groups in total. The Morgan fingerprint density at radius 3 is 2.86 bits per heavy atom. The molecule has 0 saturated carbocycles. The Hall–Kier alpha value is -2.48. The number of nitro benzene ring substituents is 1. The van der Waals surface area contributed by atoms with Crippen LogP contribution in [0.1, 0.15) is 53.5 Å². The lowest BCUT2D eigenvalue weighted by molar-refractivity contribution is -0.384. The number of carbonyl (C=O) groups is 1. The van der Waals surface area contributed by atoms with Crippen LogP contribution in [0.25, 0.3) is 0 Å². The van der Waals surface area contributed by atoms with Crippen molar-refractivity contribution in [2.75, 3.05) is 23.3 Å². The van der Waals surface area contributed by atoms with Gasteiger partial charge in [-0.3, -0.25) is 20.2 Å². The molecular weight excluding hydrogens is 376 g/mol. The zero-order valence-electron chi connectivity index (χ0n) is 15.9. The minimum absolute atomic E-state index is 0.0122. The van der Waals surface area contributed by atoms with Crippen molar-refractivity contribution in [3.05, 3.63) is 44.4 Å². The van der Waals surface area contributed by atoms with Crippen LogP contribution >= 0.6 is 11.3 Å². The second-order valence-electron chi connectivity index (χ2n) is 7.70. The number of piperidine rings is 1. The summed E-state index contributed by atoms with van der Waals surface area (Å²) in [7, 11) is 0. The number of aryl methyl sites for hydroxylation is 1. The van der Waals surface area contributed by atoms with E-state index in [0.29, 0.717) is 16.7 Å². The van der Waals surface area contributed by atoms with Crippen LogP contribution in [0.2, 0.25) is 0 Å². The normalized spacial score (nSPS) is 19.2. The van der Waals surface area contributed by atoms with E-state index in [-0.39, 0.29) is 17.2 Å². The highest BCUT2D eigenvalue weighted by molar-refractivity contribution is 7.15. The highest BCUT2D eigenvalue weighted by Gasteiger charge is 2.24. The first-order valence-electron chi connectivity index (χ1n) is 9.84. The van der Waals surface area contributed by atoms with Crippen molar-refractivity contribution in [3.8, 4) is 0 Å². The van der Waals surface area contributed by atoms with E-state index in [0.717, 1.165) is 57.3 Å². The monoisotopic (exact) mass is 400 g/mol. The summed E-state index contributed by atoms with van der Waals surface area (Å²) < 4.78 is 0. The molecule has 0 unspecified atom stereocenters. The molecule has 8 heteroatoms. The number of nitro groups is 1. The fourth-order valence-corrected chi connectivity index (χ4v) is 5.14. The highest BCUT2D eigenvalue weighted by atomic mass is 32.1. The largest absolute Gasteiger partial charge is 0.366 e. The minimum atomic E-state index is -0.399. The Bertz CT molecular complexity index is 905. The van der Waals surface area contributed by atoms with Gasteiger partial charge in [-0.05, 0) is 56.6 Å². The Morgan fingerprint density at radius 2 is 2.11 bits per heavy atom. The number of rotatable bonds is 4. The Labute approximate surface area is 167 Å². The van der Waals surface area contributed by atoms with Gasteiger partial charge < -0.3 is 4.90 Å². The molecule has 2 aromatic rings. The first-order valence-corrected chi connectivity index (χ1v) is 10.7. The van der Waals surface area contributed by atoms with E-state index < -0.39 is 4.92 Å². The Balaban J connectivity index is 1.54. The van der Waals surface area contributed by atoms with E-state index in [9.17, 15) is 14.9 Å². The molecule has 148 valence electrons. The van der Waals surface area contributed by atoms with Crippen molar-refractivity contribution in [2.24, 2.45) is 5.92 Å². The van der Waals surface area contributed by atoms with Crippen LogP contribution in [-0.4, -0.2) is 28.9 Å². The fourth-order valence-electron chi connectivity index (χ4n) is 3.98. The van der Waals surface area contributed by atoms with Crippen molar-refractivity contribution in [1.29, 1.82) is 0 Å². The van der Waals surface area contributed by atoms with E-state index in [4.69, 9.17) is 0 Å². The van der Waals surface area contributed by atoms with Crippen LogP contribution in [0.4, 0.5) is 16.5 Å². The number of carbonyl (C=O) groups excluding carboxylic acids is 1. The Morgan fingerprint density at radius 1 is 1.32 bits per heavy atom. The molecule has 0 spiro atoms. The number of fused-ring (bicyclic) bond motifs is 1. The molecule has 0 radical (unpaired) electrons. The molecule has 1 atom stereocenters. The van der Waals surface area contributed by atoms with E-state index >= 15 is 0 Å². The smallest absolute Gasteiger partial charge is 0.293 e. The average Bonchev–Trinajstić information content (AvgIpc) is 3.09. The number of benzene rings is 1. The zero-order chi connectivity index (χ0) is 19.7. The van der Waals surface area contributed by atoms with Crippen molar-refractivity contribution in [2.45, 2.75) is 45.4 Å². The molecule has 1 aromatic heterocycles. The molecule has 1 fully saturated rings. The van der Waals surface area contributed by atoms with Crippen molar-refractivity contribution in [1.82, 2.24) is 4.98 Å². The van der Waals surface area contributed by atoms with Gasteiger partial charge in [-0.25, -0.2) is 4.98 Å². The summed E-state index contributed by atoms with van der Waals surface area (Å²) in [4.78, 5) is 31.7. The van der Waals surface area contributed by atoms with Gasteiger partial charge in [0.05, 0.1) is 10.6 Å². The maximum absolute atomic E-state index is 12.7. The molecule has 1 saturated heterocycles. The average molecular weight is 401 g/mol. The molecule has 1 aromatic carbocycles. The molecule has 2 aliphatic rings. The van der Waals surface area contributed by atoms with Crippen LogP contribution in [0.5, 0.6) is 0 Å². The molecule has 2 heterocycles.